The lowest BCUT2D eigenvalue weighted by molar-refractivity contribution is 0.150. The molecule has 82 valence electrons. The van der Waals surface area contributed by atoms with E-state index in [2.05, 4.69) is 21.8 Å². The van der Waals surface area contributed by atoms with Gasteiger partial charge in [0.05, 0.1) is 18.1 Å². The van der Waals surface area contributed by atoms with Crippen LogP contribution in [0.4, 0.5) is 0 Å². The summed E-state index contributed by atoms with van der Waals surface area (Å²) in [4.78, 5) is 10.8. The number of hydrogen-bond acceptors (Lipinski definition) is 3. The summed E-state index contributed by atoms with van der Waals surface area (Å²) in [6.45, 7) is 4.35. The molecule has 0 saturated carbocycles. The van der Waals surface area contributed by atoms with Crippen LogP contribution < -0.4 is 0 Å². The molecule has 0 aliphatic carbocycles. The molecular weight excluding hydrogens is 210 g/mol. The molecular formula is C11H16ClN3. The van der Waals surface area contributed by atoms with Crippen LogP contribution in [0.25, 0.3) is 0 Å². The van der Waals surface area contributed by atoms with Gasteiger partial charge in [0.1, 0.15) is 5.15 Å². The van der Waals surface area contributed by atoms with Gasteiger partial charge >= 0.3 is 0 Å². The summed E-state index contributed by atoms with van der Waals surface area (Å²) < 4.78 is 0. The van der Waals surface area contributed by atoms with E-state index >= 15 is 0 Å². The highest BCUT2D eigenvalue weighted by atomic mass is 35.5. The third kappa shape index (κ3) is 2.89. The Hall–Kier alpha value is -0.670. The standard InChI is InChI=1S/C11H16ClN3/c1-9-4-2-3-5-15(9)8-10-6-14-11(12)7-13-10/h6-7,9H,2-5,8H2,1H3. The Balaban J connectivity index is 1.98. The SMILES string of the molecule is CC1CCCCN1Cc1cnc(Cl)cn1. The monoisotopic (exact) mass is 225 g/mol. The molecule has 0 radical (unpaired) electrons. The molecule has 1 aliphatic rings. The van der Waals surface area contributed by atoms with Gasteiger partial charge in [-0.05, 0) is 26.3 Å². The van der Waals surface area contributed by atoms with Gasteiger partial charge in [0, 0.05) is 12.6 Å². The zero-order chi connectivity index (χ0) is 10.7. The molecule has 0 aromatic carbocycles. The van der Waals surface area contributed by atoms with Gasteiger partial charge in [0.2, 0.25) is 0 Å². The second-order valence-electron chi connectivity index (χ2n) is 4.15. The fourth-order valence-corrected chi connectivity index (χ4v) is 2.12. The molecule has 0 spiro atoms. The minimum absolute atomic E-state index is 0.463. The van der Waals surface area contributed by atoms with E-state index in [1.54, 1.807) is 12.4 Å². The smallest absolute Gasteiger partial charge is 0.147 e. The van der Waals surface area contributed by atoms with Gasteiger partial charge in [-0.3, -0.25) is 9.88 Å². The van der Waals surface area contributed by atoms with Gasteiger partial charge in [-0.1, -0.05) is 18.0 Å². The van der Waals surface area contributed by atoms with E-state index in [1.807, 2.05) is 0 Å². The quantitative estimate of drug-likeness (QED) is 0.775. The first-order valence-corrected chi connectivity index (χ1v) is 5.84. The first kappa shape index (κ1) is 10.8. The predicted molar refractivity (Wildman–Crippen MR) is 60.8 cm³/mol. The van der Waals surface area contributed by atoms with Crippen LogP contribution in [0.2, 0.25) is 5.15 Å². The maximum Gasteiger partial charge on any atom is 0.147 e. The zero-order valence-corrected chi connectivity index (χ0v) is 9.74. The molecule has 2 heterocycles. The maximum atomic E-state index is 5.70. The first-order valence-electron chi connectivity index (χ1n) is 5.46. The summed E-state index contributed by atoms with van der Waals surface area (Å²) >= 11 is 5.70. The number of rotatable bonds is 2. The van der Waals surface area contributed by atoms with E-state index < -0.39 is 0 Å². The van der Waals surface area contributed by atoms with Gasteiger partial charge in [0.15, 0.2) is 0 Å². The zero-order valence-electron chi connectivity index (χ0n) is 8.99. The molecule has 1 fully saturated rings. The highest BCUT2D eigenvalue weighted by Crippen LogP contribution is 2.18. The van der Waals surface area contributed by atoms with Gasteiger partial charge < -0.3 is 0 Å². The molecule has 1 unspecified atom stereocenters. The molecule has 0 N–H and O–H groups in total. The first-order chi connectivity index (χ1) is 7.25. The summed E-state index contributed by atoms with van der Waals surface area (Å²) in [5.41, 5.74) is 1.01. The topological polar surface area (TPSA) is 29.0 Å². The third-order valence-electron chi connectivity index (χ3n) is 2.98. The van der Waals surface area contributed by atoms with Gasteiger partial charge in [-0.15, -0.1) is 0 Å². The molecule has 1 aromatic heterocycles. The van der Waals surface area contributed by atoms with Crippen molar-refractivity contribution in [1.29, 1.82) is 0 Å². The van der Waals surface area contributed by atoms with Crippen molar-refractivity contribution in [2.75, 3.05) is 6.54 Å². The average Bonchev–Trinajstić information content (AvgIpc) is 2.25. The summed E-state index contributed by atoms with van der Waals surface area (Å²) in [7, 11) is 0. The molecule has 3 nitrogen and oxygen atoms in total. The Kier molecular flexibility index (Phi) is 3.54. The Morgan fingerprint density at radius 3 is 2.93 bits per heavy atom. The van der Waals surface area contributed by atoms with Crippen LogP contribution in [0.15, 0.2) is 12.4 Å². The van der Waals surface area contributed by atoms with E-state index in [0.29, 0.717) is 11.2 Å². The van der Waals surface area contributed by atoms with Gasteiger partial charge in [-0.25, -0.2) is 4.98 Å². The molecule has 2 rings (SSSR count). The van der Waals surface area contributed by atoms with Crippen LogP contribution in [-0.4, -0.2) is 27.5 Å². The van der Waals surface area contributed by atoms with E-state index in [4.69, 9.17) is 11.6 Å². The summed E-state index contributed by atoms with van der Waals surface area (Å²) in [6.07, 6.45) is 7.32. The van der Waals surface area contributed by atoms with Crippen molar-refractivity contribution < 1.29 is 0 Å². The molecule has 15 heavy (non-hydrogen) atoms. The number of nitrogens with zero attached hydrogens (tertiary/aromatic N) is 3. The lowest BCUT2D eigenvalue weighted by atomic mass is 10.0. The second-order valence-corrected chi connectivity index (χ2v) is 4.53. The lowest BCUT2D eigenvalue weighted by Crippen LogP contribution is -2.36. The molecule has 1 saturated heterocycles. The van der Waals surface area contributed by atoms with Crippen LogP contribution in [-0.2, 0) is 6.54 Å². The van der Waals surface area contributed by atoms with Crippen LogP contribution >= 0.6 is 11.6 Å². The number of piperidine rings is 1. The normalized spacial score (nSPS) is 22.9. The number of aromatic nitrogens is 2. The Morgan fingerprint density at radius 1 is 1.40 bits per heavy atom. The molecule has 1 aromatic rings. The van der Waals surface area contributed by atoms with Gasteiger partial charge in [-0.2, -0.15) is 0 Å². The van der Waals surface area contributed by atoms with E-state index in [-0.39, 0.29) is 0 Å². The molecule has 1 aliphatic heterocycles. The summed E-state index contributed by atoms with van der Waals surface area (Å²) in [6, 6.07) is 0.663. The maximum absolute atomic E-state index is 5.70. The fourth-order valence-electron chi connectivity index (χ4n) is 2.02. The van der Waals surface area contributed by atoms with Crippen molar-refractivity contribution in [2.45, 2.75) is 38.8 Å². The number of halogens is 1. The number of likely N-dealkylation sites (tertiary alicyclic amines) is 1. The van der Waals surface area contributed by atoms with Crippen molar-refractivity contribution in [3.05, 3.63) is 23.2 Å². The highest BCUT2D eigenvalue weighted by Gasteiger charge is 2.18. The number of hydrogen-bond donors (Lipinski definition) is 0. The van der Waals surface area contributed by atoms with E-state index in [0.717, 1.165) is 12.2 Å². The highest BCUT2D eigenvalue weighted by molar-refractivity contribution is 6.29. The predicted octanol–water partition coefficient (Wildman–Crippen LogP) is 2.50. The summed E-state index contributed by atoms with van der Waals surface area (Å²) in [5, 5.41) is 0.463. The third-order valence-corrected chi connectivity index (χ3v) is 3.17. The second kappa shape index (κ2) is 4.90. The van der Waals surface area contributed by atoms with Crippen molar-refractivity contribution in [2.24, 2.45) is 0 Å². The largest absolute Gasteiger partial charge is 0.295 e. The molecule has 4 heteroatoms. The van der Waals surface area contributed by atoms with E-state index in [9.17, 15) is 0 Å². The van der Waals surface area contributed by atoms with Crippen LogP contribution in [0.5, 0.6) is 0 Å². The molecule has 1 atom stereocenters. The minimum Gasteiger partial charge on any atom is -0.295 e. The van der Waals surface area contributed by atoms with Crippen molar-refractivity contribution >= 4 is 11.6 Å². The van der Waals surface area contributed by atoms with Crippen LogP contribution in [0.3, 0.4) is 0 Å². The van der Waals surface area contributed by atoms with E-state index in [1.165, 1.54) is 25.8 Å². The molecule has 0 amide bonds. The Morgan fingerprint density at radius 2 is 2.27 bits per heavy atom. The van der Waals surface area contributed by atoms with Crippen LogP contribution in [0, 0.1) is 0 Å². The average molecular weight is 226 g/mol. The fraction of sp³-hybridized carbons (Fsp3) is 0.636. The van der Waals surface area contributed by atoms with Crippen molar-refractivity contribution in [1.82, 2.24) is 14.9 Å². The lowest BCUT2D eigenvalue weighted by Gasteiger charge is -2.32. The van der Waals surface area contributed by atoms with Crippen molar-refractivity contribution in [3.63, 3.8) is 0 Å². The van der Waals surface area contributed by atoms with Crippen molar-refractivity contribution in [3.8, 4) is 0 Å². The molecule has 0 bridgehead atoms. The Labute approximate surface area is 95.5 Å². The summed E-state index contributed by atoms with van der Waals surface area (Å²) in [5.74, 6) is 0. The minimum atomic E-state index is 0.463. The van der Waals surface area contributed by atoms with Crippen LogP contribution in [0.1, 0.15) is 31.9 Å². The van der Waals surface area contributed by atoms with Gasteiger partial charge in [0.25, 0.3) is 0 Å². The Bertz CT molecular complexity index is 312.